The Balaban J connectivity index is 2.23. The lowest BCUT2D eigenvalue weighted by Crippen LogP contribution is -2.40. The third-order valence-corrected chi connectivity index (χ3v) is 2.64. The van der Waals surface area contributed by atoms with Gasteiger partial charge in [-0.25, -0.2) is 0 Å². The summed E-state index contributed by atoms with van der Waals surface area (Å²) in [6, 6.07) is 7.55. The van der Waals surface area contributed by atoms with Gasteiger partial charge in [0.2, 0.25) is 5.91 Å². The molecule has 7 nitrogen and oxygen atoms in total. The van der Waals surface area contributed by atoms with Crippen LogP contribution in [0.4, 0.5) is 0 Å². The van der Waals surface area contributed by atoms with Gasteiger partial charge in [0.15, 0.2) is 11.2 Å². The van der Waals surface area contributed by atoms with Crippen molar-refractivity contribution in [3.63, 3.8) is 0 Å². The number of fused-ring (bicyclic) bond motifs is 1. The van der Waals surface area contributed by atoms with Gasteiger partial charge < -0.3 is 20.6 Å². The number of amides is 2. The molecule has 2 rings (SSSR count). The van der Waals surface area contributed by atoms with E-state index >= 15 is 0 Å². The molecular formula is C13H12N2O5. The van der Waals surface area contributed by atoms with Crippen molar-refractivity contribution < 1.29 is 19.1 Å². The summed E-state index contributed by atoms with van der Waals surface area (Å²) in [5.41, 5.74) is 4.77. The zero-order valence-electron chi connectivity index (χ0n) is 10.3. The maximum atomic E-state index is 11.8. The summed E-state index contributed by atoms with van der Waals surface area (Å²) < 4.78 is 5.29. The molecule has 1 unspecified atom stereocenters. The van der Waals surface area contributed by atoms with Crippen LogP contribution in [0.3, 0.4) is 0 Å². The predicted octanol–water partition coefficient (Wildman–Crippen LogP) is -0.631. The molecule has 0 aliphatic carbocycles. The topological polar surface area (TPSA) is 123 Å². The van der Waals surface area contributed by atoms with Crippen molar-refractivity contribution in [1.29, 1.82) is 0 Å². The highest BCUT2D eigenvalue weighted by molar-refractivity contribution is 5.93. The first-order valence-electron chi connectivity index (χ1n) is 5.77. The van der Waals surface area contributed by atoms with Gasteiger partial charge in [0.05, 0.1) is 11.9 Å². The van der Waals surface area contributed by atoms with Crippen LogP contribution < -0.4 is 16.5 Å². The summed E-state index contributed by atoms with van der Waals surface area (Å²) in [6.45, 7) is -0.356. The minimum atomic E-state index is -1.49. The average molecular weight is 276 g/mol. The van der Waals surface area contributed by atoms with E-state index in [0.717, 1.165) is 6.07 Å². The van der Waals surface area contributed by atoms with E-state index < -0.39 is 17.9 Å². The van der Waals surface area contributed by atoms with E-state index in [9.17, 15) is 14.4 Å². The number of hydrogen-bond donors (Lipinski definition) is 3. The SMILES string of the molecule is NC(=O)C(O)CNC(=O)c1cc(=O)c2ccccc2o1. The lowest BCUT2D eigenvalue weighted by molar-refractivity contribution is -0.125. The van der Waals surface area contributed by atoms with Crippen molar-refractivity contribution in [2.45, 2.75) is 6.10 Å². The largest absolute Gasteiger partial charge is 0.451 e. The van der Waals surface area contributed by atoms with Crippen molar-refractivity contribution in [1.82, 2.24) is 5.32 Å². The number of nitrogens with two attached hydrogens (primary N) is 1. The van der Waals surface area contributed by atoms with Crippen LogP contribution in [-0.4, -0.2) is 29.6 Å². The second-order valence-electron chi connectivity index (χ2n) is 4.10. The number of rotatable bonds is 4. The fourth-order valence-corrected chi connectivity index (χ4v) is 1.59. The second kappa shape index (κ2) is 5.54. The summed E-state index contributed by atoms with van der Waals surface area (Å²) >= 11 is 0. The van der Waals surface area contributed by atoms with Crippen molar-refractivity contribution >= 4 is 22.8 Å². The second-order valence-corrected chi connectivity index (χ2v) is 4.10. The number of carbonyl (C=O) groups excluding carboxylic acids is 2. The molecule has 1 aromatic heterocycles. The van der Waals surface area contributed by atoms with Gasteiger partial charge in [-0.3, -0.25) is 14.4 Å². The maximum absolute atomic E-state index is 11.8. The molecule has 0 bridgehead atoms. The van der Waals surface area contributed by atoms with Crippen LogP contribution in [0.15, 0.2) is 39.5 Å². The molecule has 4 N–H and O–H groups in total. The van der Waals surface area contributed by atoms with E-state index in [0.29, 0.717) is 5.39 Å². The zero-order valence-corrected chi connectivity index (χ0v) is 10.3. The van der Waals surface area contributed by atoms with Gasteiger partial charge in [-0.1, -0.05) is 12.1 Å². The molecule has 1 heterocycles. The number of aliphatic hydroxyl groups is 1. The molecule has 2 aromatic rings. The van der Waals surface area contributed by atoms with Crippen molar-refractivity contribution in [2.24, 2.45) is 5.73 Å². The summed E-state index contributed by atoms with van der Waals surface area (Å²) in [4.78, 5) is 34.2. The molecule has 0 spiro atoms. The molecule has 2 amide bonds. The minimum Gasteiger partial charge on any atom is -0.451 e. The Bertz CT molecular complexity index is 722. The van der Waals surface area contributed by atoms with Crippen molar-refractivity contribution in [3.8, 4) is 0 Å². The summed E-state index contributed by atoms with van der Waals surface area (Å²) in [7, 11) is 0. The quantitative estimate of drug-likeness (QED) is 0.686. The van der Waals surface area contributed by atoms with Crippen LogP contribution in [0.1, 0.15) is 10.6 Å². The standard InChI is InChI=1S/C13H12N2O5/c14-12(18)9(17)6-15-13(19)11-5-8(16)7-3-1-2-4-10(7)20-11/h1-5,9,17H,6H2,(H2,14,18)(H,15,19). The van der Waals surface area contributed by atoms with Gasteiger partial charge in [0.25, 0.3) is 5.91 Å². The number of benzene rings is 1. The predicted molar refractivity (Wildman–Crippen MR) is 70.0 cm³/mol. The first-order valence-corrected chi connectivity index (χ1v) is 5.77. The zero-order chi connectivity index (χ0) is 14.7. The first-order chi connectivity index (χ1) is 9.49. The Hall–Kier alpha value is -2.67. The number of carbonyl (C=O) groups is 2. The van der Waals surface area contributed by atoms with Crippen LogP contribution in [0, 0.1) is 0 Å². The maximum Gasteiger partial charge on any atom is 0.287 e. The molecule has 0 aliphatic heterocycles. The summed E-state index contributed by atoms with van der Waals surface area (Å²) in [5.74, 6) is -1.87. The number of aliphatic hydroxyl groups excluding tert-OH is 1. The molecule has 0 saturated heterocycles. The molecule has 0 aliphatic rings. The molecule has 0 fully saturated rings. The lowest BCUT2D eigenvalue weighted by atomic mass is 10.2. The van der Waals surface area contributed by atoms with Crippen LogP contribution in [0.5, 0.6) is 0 Å². The highest BCUT2D eigenvalue weighted by Gasteiger charge is 2.16. The van der Waals surface area contributed by atoms with Crippen molar-refractivity contribution in [2.75, 3.05) is 6.54 Å². The van der Waals surface area contributed by atoms with Gasteiger partial charge >= 0.3 is 0 Å². The summed E-state index contributed by atoms with van der Waals surface area (Å²) in [5, 5.41) is 11.8. The third kappa shape index (κ3) is 2.83. The van der Waals surface area contributed by atoms with Crippen molar-refractivity contribution in [3.05, 3.63) is 46.3 Å². The lowest BCUT2D eigenvalue weighted by Gasteiger charge is -2.08. The number of para-hydroxylation sites is 1. The minimum absolute atomic E-state index is 0.203. The molecule has 0 saturated carbocycles. The van der Waals surface area contributed by atoms with E-state index in [1.165, 1.54) is 0 Å². The molecule has 7 heteroatoms. The highest BCUT2D eigenvalue weighted by atomic mass is 16.3. The monoisotopic (exact) mass is 276 g/mol. The van der Waals surface area contributed by atoms with Gasteiger partial charge in [0, 0.05) is 6.07 Å². The van der Waals surface area contributed by atoms with E-state index in [-0.39, 0.29) is 23.3 Å². The highest BCUT2D eigenvalue weighted by Crippen LogP contribution is 2.11. The van der Waals surface area contributed by atoms with Gasteiger partial charge in [-0.2, -0.15) is 0 Å². The normalized spacial score (nSPS) is 12.1. The smallest absolute Gasteiger partial charge is 0.287 e. The van der Waals surface area contributed by atoms with E-state index in [1.807, 2.05) is 0 Å². The molecule has 0 radical (unpaired) electrons. The average Bonchev–Trinajstić information content (AvgIpc) is 2.44. The van der Waals surface area contributed by atoms with Gasteiger partial charge in [-0.05, 0) is 12.1 Å². The van der Waals surface area contributed by atoms with Crippen LogP contribution in [-0.2, 0) is 4.79 Å². The van der Waals surface area contributed by atoms with E-state index in [4.69, 9.17) is 15.3 Å². The van der Waals surface area contributed by atoms with E-state index in [2.05, 4.69) is 5.32 Å². The van der Waals surface area contributed by atoms with E-state index in [1.54, 1.807) is 24.3 Å². The molecule has 104 valence electrons. The number of nitrogens with one attached hydrogen (secondary N) is 1. The van der Waals surface area contributed by atoms with Crippen LogP contribution in [0.2, 0.25) is 0 Å². The number of hydrogen-bond acceptors (Lipinski definition) is 5. The molecule has 1 aromatic carbocycles. The molecule has 1 atom stereocenters. The Labute approximate surface area is 113 Å². The fraction of sp³-hybridized carbons (Fsp3) is 0.154. The third-order valence-electron chi connectivity index (χ3n) is 2.64. The van der Waals surface area contributed by atoms with Gasteiger partial charge in [0.1, 0.15) is 11.7 Å². The first kappa shape index (κ1) is 13.8. The Morgan fingerprint density at radius 2 is 2.05 bits per heavy atom. The molecular weight excluding hydrogens is 264 g/mol. The number of primary amides is 1. The van der Waals surface area contributed by atoms with Crippen LogP contribution >= 0.6 is 0 Å². The fourth-order valence-electron chi connectivity index (χ4n) is 1.59. The Morgan fingerprint density at radius 3 is 2.75 bits per heavy atom. The Morgan fingerprint density at radius 1 is 1.35 bits per heavy atom. The molecule has 20 heavy (non-hydrogen) atoms. The van der Waals surface area contributed by atoms with Gasteiger partial charge in [-0.15, -0.1) is 0 Å². The van der Waals surface area contributed by atoms with Crippen LogP contribution in [0.25, 0.3) is 11.0 Å². The Kier molecular flexibility index (Phi) is 3.81. The summed E-state index contributed by atoms with van der Waals surface area (Å²) in [6.07, 6.45) is -1.49.